The molecule has 0 fully saturated rings. The van der Waals surface area contributed by atoms with Gasteiger partial charge in [0.15, 0.2) is 0 Å². The number of hydrogen-bond acceptors (Lipinski definition) is 5. The van der Waals surface area contributed by atoms with E-state index in [0.717, 1.165) is 11.4 Å². The number of ether oxygens (including phenoxy) is 1. The maximum atomic E-state index is 11.5. The molecule has 6 heteroatoms. The van der Waals surface area contributed by atoms with E-state index in [2.05, 4.69) is 15.3 Å². The number of nitrogens with zero attached hydrogens (tertiary/aromatic N) is 2. The molecule has 0 aliphatic heterocycles. The highest BCUT2D eigenvalue weighted by Crippen LogP contribution is 2.27. The summed E-state index contributed by atoms with van der Waals surface area (Å²) in [5, 5.41) is 3.10. The summed E-state index contributed by atoms with van der Waals surface area (Å²) < 4.78 is 5.89. The van der Waals surface area contributed by atoms with E-state index in [1.165, 1.54) is 0 Å². The number of aryl methyl sites for hydroxylation is 2. The number of nitrogens with two attached hydrogens (primary N) is 1. The molecular formula is C19H18N4O2. The van der Waals surface area contributed by atoms with E-state index in [1.807, 2.05) is 32.0 Å². The van der Waals surface area contributed by atoms with E-state index in [-0.39, 0.29) is 0 Å². The first-order chi connectivity index (χ1) is 12.0. The van der Waals surface area contributed by atoms with Crippen molar-refractivity contribution < 1.29 is 9.53 Å². The standard InChI is InChI=1S/C19H18N4O2/c1-12-7-8-17(13(2)22-12)25-14-9-10-21-18(11-14)23-16-6-4-3-5-15(16)19(20)24/h3-11H,1-2H3,(H2,20,24)(H,21,23). The van der Waals surface area contributed by atoms with Gasteiger partial charge < -0.3 is 15.8 Å². The molecule has 3 aromatic rings. The number of anilines is 2. The third kappa shape index (κ3) is 3.92. The lowest BCUT2D eigenvalue weighted by Crippen LogP contribution is -2.13. The Labute approximate surface area is 145 Å². The normalized spacial score (nSPS) is 10.3. The zero-order valence-electron chi connectivity index (χ0n) is 14.0. The maximum absolute atomic E-state index is 11.5. The molecule has 0 radical (unpaired) electrons. The third-order valence-electron chi connectivity index (χ3n) is 3.59. The highest BCUT2D eigenvalue weighted by molar-refractivity contribution is 5.99. The van der Waals surface area contributed by atoms with Gasteiger partial charge in [-0.25, -0.2) is 4.98 Å². The van der Waals surface area contributed by atoms with Gasteiger partial charge in [-0.15, -0.1) is 0 Å². The first-order valence-corrected chi connectivity index (χ1v) is 7.77. The van der Waals surface area contributed by atoms with Gasteiger partial charge >= 0.3 is 0 Å². The molecule has 3 N–H and O–H groups in total. The summed E-state index contributed by atoms with van der Waals surface area (Å²) in [6.45, 7) is 3.83. The lowest BCUT2D eigenvalue weighted by atomic mass is 10.1. The summed E-state index contributed by atoms with van der Waals surface area (Å²) in [7, 11) is 0. The van der Waals surface area contributed by atoms with E-state index in [9.17, 15) is 4.79 Å². The molecule has 0 spiro atoms. The van der Waals surface area contributed by atoms with Crippen LogP contribution in [0.25, 0.3) is 0 Å². The average Bonchev–Trinajstić information content (AvgIpc) is 2.58. The number of aromatic nitrogens is 2. The number of carbonyl (C=O) groups excluding carboxylic acids is 1. The van der Waals surface area contributed by atoms with Gasteiger partial charge in [0.2, 0.25) is 0 Å². The highest BCUT2D eigenvalue weighted by atomic mass is 16.5. The van der Waals surface area contributed by atoms with Gasteiger partial charge in [-0.2, -0.15) is 0 Å². The second-order valence-corrected chi connectivity index (χ2v) is 5.55. The first kappa shape index (κ1) is 16.4. The fraction of sp³-hybridized carbons (Fsp3) is 0.105. The van der Waals surface area contributed by atoms with Crippen LogP contribution in [0.4, 0.5) is 11.5 Å². The van der Waals surface area contributed by atoms with Gasteiger partial charge in [-0.3, -0.25) is 9.78 Å². The fourth-order valence-electron chi connectivity index (χ4n) is 2.40. The number of benzene rings is 1. The summed E-state index contributed by atoms with van der Waals surface area (Å²) in [6, 6.07) is 14.3. The van der Waals surface area contributed by atoms with Crippen molar-refractivity contribution in [1.82, 2.24) is 9.97 Å². The summed E-state index contributed by atoms with van der Waals surface area (Å²) in [5.41, 5.74) is 8.13. The Kier molecular flexibility index (Phi) is 4.61. The molecular weight excluding hydrogens is 316 g/mol. The van der Waals surface area contributed by atoms with Crippen LogP contribution in [0.1, 0.15) is 21.7 Å². The highest BCUT2D eigenvalue weighted by Gasteiger charge is 2.09. The lowest BCUT2D eigenvalue weighted by Gasteiger charge is -2.12. The fourth-order valence-corrected chi connectivity index (χ4v) is 2.40. The molecule has 3 rings (SSSR count). The Balaban J connectivity index is 1.84. The molecule has 126 valence electrons. The van der Waals surface area contributed by atoms with E-state index < -0.39 is 5.91 Å². The van der Waals surface area contributed by atoms with E-state index in [4.69, 9.17) is 10.5 Å². The zero-order chi connectivity index (χ0) is 17.8. The van der Waals surface area contributed by atoms with Crippen LogP contribution in [0, 0.1) is 13.8 Å². The topological polar surface area (TPSA) is 90.1 Å². The van der Waals surface area contributed by atoms with Crippen molar-refractivity contribution in [1.29, 1.82) is 0 Å². The van der Waals surface area contributed by atoms with E-state index in [1.54, 1.807) is 36.5 Å². The quantitative estimate of drug-likeness (QED) is 0.742. The van der Waals surface area contributed by atoms with Crippen LogP contribution < -0.4 is 15.8 Å². The molecule has 0 unspecified atom stereocenters. The minimum Gasteiger partial charge on any atom is -0.455 e. The van der Waals surface area contributed by atoms with Crippen LogP contribution in [-0.4, -0.2) is 15.9 Å². The Morgan fingerprint density at radius 3 is 2.68 bits per heavy atom. The summed E-state index contributed by atoms with van der Waals surface area (Å²) in [4.78, 5) is 20.2. The molecule has 1 amide bonds. The first-order valence-electron chi connectivity index (χ1n) is 7.77. The summed E-state index contributed by atoms with van der Waals surface area (Å²) >= 11 is 0. The predicted molar refractivity (Wildman–Crippen MR) is 96.3 cm³/mol. The number of para-hydroxylation sites is 1. The predicted octanol–water partition coefficient (Wildman–Crippen LogP) is 3.73. The Morgan fingerprint density at radius 2 is 1.92 bits per heavy atom. The van der Waals surface area contributed by atoms with Gasteiger partial charge in [0, 0.05) is 18.0 Å². The summed E-state index contributed by atoms with van der Waals surface area (Å²) in [5.74, 6) is 1.34. The summed E-state index contributed by atoms with van der Waals surface area (Å²) in [6.07, 6.45) is 1.63. The van der Waals surface area contributed by atoms with Crippen molar-refractivity contribution in [2.45, 2.75) is 13.8 Å². The molecule has 0 bridgehead atoms. The van der Waals surface area contributed by atoms with Crippen molar-refractivity contribution in [3.05, 3.63) is 71.7 Å². The molecule has 0 aliphatic carbocycles. The minimum atomic E-state index is -0.503. The Bertz CT molecular complexity index is 925. The molecule has 0 saturated heterocycles. The second kappa shape index (κ2) is 7.00. The minimum absolute atomic E-state index is 0.397. The number of carbonyl (C=O) groups is 1. The van der Waals surface area contributed by atoms with Crippen LogP contribution in [0.5, 0.6) is 11.5 Å². The molecule has 2 heterocycles. The molecule has 0 aliphatic rings. The number of nitrogens with one attached hydrogen (secondary N) is 1. The van der Waals surface area contributed by atoms with Crippen LogP contribution in [-0.2, 0) is 0 Å². The number of hydrogen-bond donors (Lipinski definition) is 2. The van der Waals surface area contributed by atoms with E-state index in [0.29, 0.717) is 28.6 Å². The van der Waals surface area contributed by atoms with Crippen molar-refractivity contribution >= 4 is 17.4 Å². The number of primary amides is 1. The van der Waals surface area contributed by atoms with E-state index >= 15 is 0 Å². The molecule has 0 saturated carbocycles. The largest absolute Gasteiger partial charge is 0.455 e. The lowest BCUT2D eigenvalue weighted by molar-refractivity contribution is 0.100. The monoisotopic (exact) mass is 334 g/mol. The molecule has 2 aromatic heterocycles. The zero-order valence-corrected chi connectivity index (χ0v) is 14.0. The third-order valence-corrected chi connectivity index (χ3v) is 3.59. The van der Waals surface area contributed by atoms with Crippen molar-refractivity contribution in [2.75, 3.05) is 5.32 Å². The van der Waals surface area contributed by atoms with Crippen LogP contribution in [0.2, 0.25) is 0 Å². The molecule has 6 nitrogen and oxygen atoms in total. The second-order valence-electron chi connectivity index (χ2n) is 5.55. The van der Waals surface area contributed by atoms with Gasteiger partial charge in [0.1, 0.15) is 17.3 Å². The van der Waals surface area contributed by atoms with Gasteiger partial charge in [-0.05, 0) is 44.2 Å². The molecule has 1 aromatic carbocycles. The maximum Gasteiger partial charge on any atom is 0.250 e. The SMILES string of the molecule is Cc1ccc(Oc2ccnc(Nc3ccccc3C(N)=O)c2)c(C)n1. The van der Waals surface area contributed by atoms with Gasteiger partial charge in [-0.1, -0.05) is 12.1 Å². The van der Waals surface area contributed by atoms with Gasteiger partial charge in [0.25, 0.3) is 5.91 Å². The smallest absolute Gasteiger partial charge is 0.250 e. The van der Waals surface area contributed by atoms with Crippen molar-refractivity contribution in [3.63, 3.8) is 0 Å². The molecule has 25 heavy (non-hydrogen) atoms. The van der Waals surface area contributed by atoms with Crippen LogP contribution in [0.3, 0.4) is 0 Å². The van der Waals surface area contributed by atoms with Crippen LogP contribution in [0.15, 0.2) is 54.7 Å². The number of rotatable bonds is 5. The number of pyridine rings is 2. The number of amides is 1. The van der Waals surface area contributed by atoms with Crippen molar-refractivity contribution in [2.24, 2.45) is 5.73 Å². The van der Waals surface area contributed by atoms with Crippen LogP contribution >= 0.6 is 0 Å². The Hall–Kier alpha value is -3.41. The average molecular weight is 334 g/mol. The molecule has 0 atom stereocenters. The van der Waals surface area contributed by atoms with Gasteiger partial charge in [0.05, 0.1) is 16.9 Å². The Morgan fingerprint density at radius 1 is 1.12 bits per heavy atom. The van der Waals surface area contributed by atoms with Crippen molar-refractivity contribution in [3.8, 4) is 11.5 Å².